The molecule has 0 atom stereocenters. The van der Waals surface area contributed by atoms with Crippen LogP contribution in [-0.4, -0.2) is 52.8 Å². The van der Waals surface area contributed by atoms with Gasteiger partial charge in [-0.2, -0.15) is 4.52 Å². The van der Waals surface area contributed by atoms with Crippen LogP contribution in [0.1, 0.15) is 11.3 Å². The van der Waals surface area contributed by atoms with Crippen LogP contribution < -0.4 is 15.2 Å². The largest absolute Gasteiger partial charge is 0.497 e. The molecule has 2 aromatic heterocycles. The third kappa shape index (κ3) is 3.42. The summed E-state index contributed by atoms with van der Waals surface area (Å²) in [7, 11) is 1.68. The predicted molar refractivity (Wildman–Crippen MR) is 102 cm³/mol. The molecule has 26 heavy (non-hydrogen) atoms. The fraction of sp³-hybridized carbons (Fsp3) is 0.389. The molecule has 3 aromatic rings. The number of nitrogens with zero attached hydrogens (tertiary/aromatic N) is 5. The highest BCUT2D eigenvalue weighted by Gasteiger charge is 2.21. The van der Waals surface area contributed by atoms with E-state index in [1.165, 1.54) is 27.5 Å². The van der Waals surface area contributed by atoms with Crippen LogP contribution in [0.15, 0.2) is 35.1 Å². The average molecular weight is 371 g/mol. The molecule has 136 valence electrons. The number of fused-ring (bicyclic) bond motifs is 1. The van der Waals surface area contributed by atoms with Crippen LogP contribution in [0.4, 0.5) is 5.13 Å². The normalized spacial score (nSPS) is 15.5. The molecule has 0 amide bonds. The predicted octanol–water partition coefficient (Wildman–Crippen LogP) is 1.79. The molecule has 0 saturated carbocycles. The Balaban J connectivity index is 1.41. The number of hydrogen-bond acceptors (Lipinski definition) is 7. The van der Waals surface area contributed by atoms with E-state index in [1.807, 2.05) is 19.1 Å². The van der Waals surface area contributed by atoms with Gasteiger partial charge in [0, 0.05) is 44.5 Å². The summed E-state index contributed by atoms with van der Waals surface area (Å²) >= 11 is 1.48. The minimum Gasteiger partial charge on any atom is -0.497 e. The van der Waals surface area contributed by atoms with Gasteiger partial charge in [-0.15, -0.1) is 5.10 Å². The number of ether oxygens (including phenoxy) is 1. The molecule has 0 bridgehead atoms. The lowest BCUT2D eigenvalue weighted by molar-refractivity contribution is 0.249. The van der Waals surface area contributed by atoms with E-state index in [9.17, 15) is 4.79 Å². The molecule has 1 saturated heterocycles. The van der Waals surface area contributed by atoms with Gasteiger partial charge in [-0.1, -0.05) is 23.5 Å². The van der Waals surface area contributed by atoms with Gasteiger partial charge in [0.2, 0.25) is 10.1 Å². The second kappa shape index (κ2) is 7.05. The molecule has 1 aromatic carbocycles. The van der Waals surface area contributed by atoms with Crippen molar-refractivity contribution >= 4 is 21.4 Å². The number of aromatic nitrogens is 3. The van der Waals surface area contributed by atoms with Crippen molar-refractivity contribution in [2.24, 2.45) is 0 Å². The monoisotopic (exact) mass is 371 g/mol. The summed E-state index contributed by atoms with van der Waals surface area (Å²) < 4.78 is 6.61. The number of benzene rings is 1. The Morgan fingerprint density at radius 3 is 2.58 bits per heavy atom. The minimum atomic E-state index is -0.117. The summed E-state index contributed by atoms with van der Waals surface area (Å²) in [6.07, 6.45) is 0. The molecule has 1 fully saturated rings. The van der Waals surface area contributed by atoms with Crippen molar-refractivity contribution in [2.45, 2.75) is 13.5 Å². The molecule has 0 aliphatic carbocycles. The van der Waals surface area contributed by atoms with Gasteiger partial charge < -0.3 is 9.64 Å². The maximum absolute atomic E-state index is 12.0. The van der Waals surface area contributed by atoms with E-state index in [1.54, 1.807) is 7.11 Å². The van der Waals surface area contributed by atoms with Crippen molar-refractivity contribution in [3.63, 3.8) is 0 Å². The van der Waals surface area contributed by atoms with Gasteiger partial charge in [0.1, 0.15) is 5.75 Å². The Kier molecular flexibility index (Phi) is 4.60. The number of piperazine rings is 1. The summed E-state index contributed by atoms with van der Waals surface area (Å²) in [5.41, 5.74) is 1.90. The topological polar surface area (TPSA) is 63.0 Å². The standard InChI is InChI=1S/C18H21N5O2S/c1-13-11-16(24)23-17(19-13)26-18(20-23)22-9-7-21(8-10-22)12-14-3-5-15(25-2)6-4-14/h3-6,11H,7-10,12H2,1-2H3. The van der Waals surface area contributed by atoms with E-state index in [0.29, 0.717) is 4.96 Å². The zero-order chi connectivity index (χ0) is 18.1. The molecule has 4 rings (SSSR count). The molecule has 0 radical (unpaired) electrons. The number of aryl methyl sites for hydroxylation is 1. The number of hydrogen-bond donors (Lipinski definition) is 0. The highest BCUT2D eigenvalue weighted by atomic mass is 32.1. The molecule has 0 spiro atoms. The summed E-state index contributed by atoms with van der Waals surface area (Å²) in [5.74, 6) is 0.883. The van der Waals surface area contributed by atoms with E-state index in [0.717, 1.165) is 49.3 Å². The first-order valence-corrected chi connectivity index (χ1v) is 9.42. The molecular weight excluding hydrogens is 350 g/mol. The van der Waals surface area contributed by atoms with Crippen LogP contribution in [0.5, 0.6) is 5.75 Å². The second-order valence-corrected chi connectivity index (χ2v) is 7.36. The molecule has 0 unspecified atom stereocenters. The van der Waals surface area contributed by atoms with Crippen LogP contribution in [0.3, 0.4) is 0 Å². The molecule has 7 nitrogen and oxygen atoms in total. The Morgan fingerprint density at radius 2 is 1.88 bits per heavy atom. The maximum Gasteiger partial charge on any atom is 0.275 e. The zero-order valence-electron chi connectivity index (χ0n) is 14.9. The lowest BCUT2D eigenvalue weighted by Crippen LogP contribution is -2.46. The molecule has 8 heteroatoms. The van der Waals surface area contributed by atoms with Crippen molar-refractivity contribution in [3.05, 3.63) is 51.9 Å². The molecule has 1 aliphatic heterocycles. The van der Waals surface area contributed by atoms with Gasteiger partial charge in [-0.3, -0.25) is 9.69 Å². The summed E-state index contributed by atoms with van der Waals surface area (Å²) in [5, 5.41) is 5.32. The molecular formula is C18H21N5O2S. The van der Waals surface area contributed by atoms with Crippen molar-refractivity contribution in [3.8, 4) is 5.75 Å². The fourth-order valence-electron chi connectivity index (χ4n) is 3.12. The number of rotatable bonds is 4. The first-order valence-electron chi connectivity index (χ1n) is 8.60. The van der Waals surface area contributed by atoms with E-state index >= 15 is 0 Å². The van der Waals surface area contributed by atoms with Gasteiger partial charge in [0.25, 0.3) is 5.56 Å². The number of methoxy groups -OCH3 is 1. The van der Waals surface area contributed by atoms with Crippen molar-refractivity contribution in [1.82, 2.24) is 19.5 Å². The van der Waals surface area contributed by atoms with Crippen molar-refractivity contribution in [1.29, 1.82) is 0 Å². The Hall–Kier alpha value is -2.45. The van der Waals surface area contributed by atoms with Crippen LogP contribution in [-0.2, 0) is 6.54 Å². The first kappa shape index (κ1) is 17.0. The smallest absolute Gasteiger partial charge is 0.275 e. The molecule has 3 heterocycles. The lowest BCUT2D eigenvalue weighted by atomic mass is 10.2. The van der Waals surface area contributed by atoms with Crippen LogP contribution in [0, 0.1) is 6.92 Å². The number of anilines is 1. The molecule has 1 aliphatic rings. The highest BCUT2D eigenvalue weighted by molar-refractivity contribution is 7.20. The van der Waals surface area contributed by atoms with Crippen LogP contribution in [0.25, 0.3) is 4.96 Å². The first-order chi connectivity index (χ1) is 12.6. The van der Waals surface area contributed by atoms with Crippen molar-refractivity contribution in [2.75, 3.05) is 38.2 Å². The second-order valence-electron chi connectivity index (χ2n) is 6.43. The lowest BCUT2D eigenvalue weighted by Gasteiger charge is -2.34. The van der Waals surface area contributed by atoms with Gasteiger partial charge in [0.15, 0.2) is 0 Å². The van der Waals surface area contributed by atoms with E-state index in [4.69, 9.17) is 4.74 Å². The third-order valence-corrected chi connectivity index (χ3v) is 5.54. The SMILES string of the molecule is COc1ccc(CN2CCN(c3nn4c(=O)cc(C)nc4s3)CC2)cc1. The van der Waals surface area contributed by atoms with Gasteiger partial charge >= 0.3 is 0 Å². The van der Waals surface area contributed by atoms with Crippen LogP contribution >= 0.6 is 11.3 Å². The zero-order valence-corrected chi connectivity index (χ0v) is 15.7. The summed E-state index contributed by atoms with van der Waals surface area (Å²) in [4.78, 5) is 21.8. The van der Waals surface area contributed by atoms with E-state index in [-0.39, 0.29) is 5.56 Å². The molecule has 0 N–H and O–H groups in total. The third-order valence-electron chi connectivity index (χ3n) is 4.57. The Bertz CT molecular complexity index is 958. The quantitative estimate of drug-likeness (QED) is 0.697. The van der Waals surface area contributed by atoms with E-state index < -0.39 is 0 Å². The van der Waals surface area contributed by atoms with Gasteiger partial charge in [-0.05, 0) is 24.6 Å². The summed E-state index contributed by atoms with van der Waals surface area (Å²) in [6.45, 7) is 6.47. The van der Waals surface area contributed by atoms with Crippen LogP contribution in [0.2, 0.25) is 0 Å². The summed E-state index contributed by atoms with van der Waals surface area (Å²) in [6, 6.07) is 9.74. The average Bonchev–Trinajstić information content (AvgIpc) is 3.07. The Morgan fingerprint density at radius 1 is 1.15 bits per heavy atom. The minimum absolute atomic E-state index is 0.117. The fourth-order valence-corrected chi connectivity index (χ4v) is 4.13. The van der Waals surface area contributed by atoms with Gasteiger partial charge in [-0.25, -0.2) is 4.98 Å². The van der Waals surface area contributed by atoms with Crippen molar-refractivity contribution < 1.29 is 4.74 Å². The maximum atomic E-state index is 12.0. The highest BCUT2D eigenvalue weighted by Crippen LogP contribution is 2.23. The van der Waals surface area contributed by atoms with E-state index in [2.05, 4.69) is 32.0 Å². The van der Waals surface area contributed by atoms with Gasteiger partial charge in [0.05, 0.1) is 7.11 Å². The Labute approximate surface area is 155 Å².